The normalized spacial score (nSPS) is 10.7. The van der Waals surface area contributed by atoms with Crippen LogP contribution in [-0.4, -0.2) is 44.8 Å². The number of carbonyl (C=O) groups is 1. The second kappa shape index (κ2) is 12.4. The number of amides is 1. The highest BCUT2D eigenvalue weighted by molar-refractivity contribution is 5.99. The Morgan fingerprint density at radius 1 is 0.941 bits per heavy atom. The van der Waals surface area contributed by atoms with Crippen molar-refractivity contribution in [2.24, 2.45) is 0 Å². The minimum atomic E-state index is -0.603. The molecule has 0 atom stereocenters. The Kier molecular flexibility index (Phi) is 8.99. The van der Waals surface area contributed by atoms with Crippen LogP contribution in [-0.2, 0) is 4.74 Å². The van der Waals surface area contributed by atoms with Gasteiger partial charge in [0.2, 0.25) is 0 Å². The first-order valence-electron chi connectivity index (χ1n) is 10.9. The molecule has 0 unspecified atom stereocenters. The van der Waals surface area contributed by atoms with Crippen molar-refractivity contribution in [3.8, 4) is 11.5 Å². The lowest BCUT2D eigenvalue weighted by molar-refractivity contribution is -0.385. The minimum Gasteiger partial charge on any atom is -0.493 e. The Bertz CT molecular complexity index is 1050. The number of carbonyl (C=O) groups excluding carboxylic acids is 1. The quantitative estimate of drug-likeness (QED) is 0.239. The van der Waals surface area contributed by atoms with Gasteiger partial charge in [0.05, 0.1) is 24.7 Å². The van der Waals surface area contributed by atoms with E-state index in [1.54, 1.807) is 0 Å². The summed E-state index contributed by atoms with van der Waals surface area (Å²) < 4.78 is 15.8. The number of nitrogens with one attached hydrogen (secondary N) is 1. The Morgan fingerprint density at radius 2 is 1.56 bits per heavy atom. The number of benzene rings is 3. The van der Waals surface area contributed by atoms with E-state index >= 15 is 0 Å². The molecule has 8 nitrogen and oxygen atoms in total. The van der Waals surface area contributed by atoms with Crippen molar-refractivity contribution in [3.63, 3.8) is 0 Å². The molecule has 0 saturated heterocycles. The van der Waals surface area contributed by atoms with Crippen molar-refractivity contribution in [2.45, 2.75) is 12.3 Å². The molecule has 0 fully saturated rings. The fourth-order valence-electron chi connectivity index (χ4n) is 3.71. The van der Waals surface area contributed by atoms with Gasteiger partial charge in [0, 0.05) is 25.6 Å². The third kappa shape index (κ3) is 6.32. The monoisotopic (exact) mass is 464 g/mol. The number of methoxy groups -OCH3 is 2. The van der Waals surface area contributed by atoms with Gasteiger partial charge in [-0.05, 0) is 17.5 Å². The number of ether oxygens (including phenoxy) is 3. The molecule has 3 aromatic carbocycles. The molecule has 3 rings (SSSR count). The van der Waals surface area contributed by atoms with Gasteiger partial charge in [0.1, 0.15) is 12.2 Å². The molecule has 0 spiro atoms. The summed E-state index contributed by atoms with van der Waals surface area (Å²) in [5, 5.41) is 14.5. The first kappa shape index (κ1) is 24.7. The fraction of sp³-hybridized carbons (Fsp3) is 0.269. The van der Waals surface area contributed by atoms with Gasteiger partial charge in [-0.25, -0.2) is 0 Å². The number of nitro benzene ring substituents is 1. The van der Waals surface area contributed by atoms with Crippen LogP contribution in [0, 0.1) is 10.1 Å². The maximum atomic E-state index is 12.9. The summed E-state index contributed by atoms with van der Waals surface area (Å²) in [6.45, 7) is 0.831. The van der Waals surface area contributed by atoms with E-state index in [2.05, 4.69) is 29.6 Å². The van der Waals surface area contributed by atoms with Crippen LogP contribution in [0.3, 0.4) is 0 Å². The Labute approximate surface area is 198 Å². The minimum absolute atomic E-state index is 0.0729. The van der Waals surface area contributed by atoms with Crippen LogP contribution in [0.5, 0.6) is 11.5 Å². The summed E-state index contributed by atoms with van der Waals surface area (Å²) in [4.78, 5) is 24.0. The molecule has 1 amide bonds. The van der Waals surface area contributed by atoms with Gasteiger partial charge < -0.3 is 19.5 Å². The third-order valence-electron chi connectivity index (χ3n) is 5.39. The molecule has 178 valence electrons. The maximum absolute atomic E-state index is 12.9. The maximum Gasteiger partial charge on any atom is 0.286 e. The van der Waals surface area contributed by atoms with Crippen molar-refractivity contribution >= 4 is 11.6 Å². The summed E-state index contributed by atoms with van der Waals surface area (Å²) in [5.41, 5.74) is 1.83. The molecule has 0 aromatic heterocycles. The van der Waals surface area contributed by atoms with Gasteiger partial charge in [0.25, 0.3) is 11.6 Å². The van der Waals surface area contributed by atoms with Crippen molar-refractivity contribution < 1.29 is 23.9 Å². The van der Waals surface area contributed by atoms with E-state index in [4.69, 9.17) is 14.2 Å². The molecule has 34 heavy (non-hydrogen) atoms. The van der Waals surface area contributed by atoms with E-state index < -0.39 is 10.8 Å². The Hall–Kier alpha value is -3.91. The zero-order valence-corrected chi connectivity index (χ0v) is 19.2. The van der Waals surface area contributed by atoms with Crippen LogP contribution in [0.1, 0.15) is 33.8 Å². The van der Waals surface area contributed by atoms with Gasteiger partial charge in [0.15, 0.2) is 11.5 Å². The molecule has 0 heterocycles. The lowest BCUT2D eigenvalue weighted by Gasteiger charge is -2.18. The number of nitrogens with zero attached hydrogens (tertiary/aromatic N) is 1. The highest BCUT2D eigenvalue weighted by Crippen LogP contribution is 2.35. The van der Waals surface area contributed by atoms with Crippen LogP contribution in [0.15, 0.2) is 72.8 Å². The molecule has 3 aromatic rings. The Balaban J connectivity index is 1.77. The van der Waals surface area contributed by atoms with Crippen molar-refractivity contribution in [3.05, 3.63) is 99.6 Å². The molecular weight excluding hydrogens is 436 g/mol. The SMILES string of the molecule is COCCOc1cc([N+](=O)[O-])c(C(=O)NCCC(c2ccccc2)c2ccccc2)cc1OC. The van der Waals surface area contributed by atoms with E-state index in [0.717, 1.165) is 11.1 Å². The van der Waals surface area contributed by atoms with E-state index in [-0.39, 0.29) is 35.3 Å². The predicted molar refractivity (Wildman–Crippen MR) is 129 cm³/mol. The van der Waals surface area contributed by atoms with Gasteiger partial charge in [-0.1, -0.05) is 60.7 Å². The lowest BCUT2D eigenvalue weighted by Crippen LogP contribution is -2.26. The second-order valence-corrected chi connectivity index (χ2v) is 7.54. The standard InChI is InChI=1S/C26H28N2O6/c1-32-15-16-34-25-18-23(28(30)31)22(17-24(25)33-2)26(29)27-14-13-21(19-9-5-3-6-10-19)20-11-7-4-8-12-20/h3-12,17-18,21H,13-16H2,1-2H3,(H,27,29). The zero-order chi connectivity index (χ0) is 24.3. The number of hydrogen-bond acceptors (Lipinski definition) is 6. The van der Waals surface area contributed by atoms with Gasteiger partial charge in [-0.2, -0.15) is 0 Å². The van der Waals surface area contributed by atoms with Crippen LogP contribution in [0.25, 0.3) is 0 Å². The average Bonchev–Trinajstić information content (AvgIpc) is 2.87. The molecule has 8 heteroatoms. The first-order valence-corrected chi connectivity index (χ1v) is 10.9. The van der Waals surface area contributed by atoms with Crippen molar-refractivity contribution in [2.75, 3.05) is 34.0 Å². The van der Waals surface area contributed by atoms with Crippen LogP contribution < -0.4 is 14.8 Å². The molecular formula is C26H28N2O6. The summed E-state index contributed by atoms with van der Waals surface area (Å²) in [6, 6.07) is 22.6. The smallest absolute Gasteiger partial charge is 0.286 e. The van der Waals surface area contributed by atoms with Crippen LogP contribution >= 0.6 is 0 Å². The van der Waals surface area contributed by atoms with Crippen LogP contribution in [0.2, 0.25) is 0 Å². The van der Waals surface area contributed by atoms with Gasteiger partial charge in [-0.3, -0.25) is 14.9 Å². The summed E-state index contributed by atoms with van der Waals surface area (Å²) in [7, 11) is 2.94. The second-order valence-electron chi connectivity index (χ2n) is 7.54. The highest BCUT2D eigenvalue weighted by Gasteiger charge is 2.25. The lowest BCUT2D eigenvalue weighted by atomic mass is 9.88. The topological polar surface area (TPSA) is 99.9 Å². The number of rotatable bonds is 12. The molecule has 0 radical (unpaired) electrons. The summed E-state index contributed by atoms with van der Waals surface area (Å²) >= 11 is 0. The van der Waals surface area contributed by atoms with E-state index in [1.165, 1.54) is 26.4 Å². The predicted octanol–water partition coefficient (Wildman–Crippen LogP) is 4.58. The molecule has 0 aliphatic carbocycles. The summed E-state index contributed by atoms with van der Waals surface area (Å²) in [5.74, 6) is -0.0635. The molecule has 1 N–H and O–H groups in total. The zero-order valence-electron chi connectivity index (χ0n) is 19.2. The summed E-state index contributed by atoms with van der Waals surface area (Å²) in [6.07, 6.45) is 0.628. The molecule has 0 aliphatic heterocycles. The number of nitro groups is 1. The molecule has 0 bridgehead atoms. The first-order chi connectivity index (χ1) is 16.5. The average molecular weight is 465 g/mol. The molecule has 0 saturated carbocycles. The van der Waals surface area contributed by atoms with Crippen LogP contribution in [0.4, 0.5) is 5.69 Å². The fourth-order valence-corrected chi connectivity index (χ4v) is 3.71. The molecule has 0 aliphatic rings. The number of hydrogen-bond donors (Lipinski definition) is 1. The van der Waals surface area contributed by atoms with Crippen molar-refractivity contribution in [1.82, 2.24) is 5.32 Å². The van der Waals surface area contributed by atoms with E-state index in [1.807, 2.05) is 36.4 Å². The third-order valence-corrected chi connectivity index (χ3v) is 5.39. The van der Waals surface area contributed by atoms with E-state index in [9.17, 15) is 14.9 Å². The van der Waals surface area contributed by atoms with Crippen molar-refractivity contribution in [1.29, 1.82) is 0 Å². The van der Waals surface area contributed by atoms with Gasteiger partial charge in [-0.15, -0.1) is 0 Å². The largest absolute Gasteiger partial charge is 0.493 e. The Morgan fingerprint density at radius 3 is 2.09 bits per heavy atom. The van der Waals surface area contributed by atoms with Gasteiger partial charge >= 0.3 is 0 Å². The highest BCUT2D eigenvalue weighted by atomic mass is 16.6. The van der Waals surface area contributed by atoms with E-state index in [0.29, 0.717) is 19.6 Å².